The molecule has 0 atom stereocenters. The van der Waals surface area contributed by atoms with Gasteiger partial charge in [-0.05, 0) is 67.5 Å². The molecule has 1 aromatic heterocycles. The van der Waals surface area contributed by atoms with E-state index in [-0.39, 0.29) is 11.9 Å². The predicted molar refractivity (Wildman–Crippen MR) is 138 cm³/mol. The highest BCUT2D eigenvalue weighted by molar-refractivity contribution is 7.17. The van der Waals surface area contributed by atoms with Gasteiger partial charge in [0.25, 0.3) is 0 Å². The second-order valence-electron chi connectivity index (χ2n) is 8.14. The lowest BCUT2D eigenvalue weighted by atomic mass is 9.95. The molecule has 1 amide bonds. The van der Waals surface area contributed by atoms with Crippen molar-refractivity contribution < 1.29 is 23.8 Å². The first-order valence-electron chi connectivity index (χ1n) is 11.7. The maximum Gasteiger partial charge on any atom is 0.341 e. The Kier molecular flexibility index (Phi) is 8.21. The third-order valence-electron chi connectivity index (χ3n) is 5.74. The van der Waals surface area contributed by atoms with E-state index in [4.69, 9.17) is 14.2 Å². The maximum absolute atomic E-state index is 12.7. The Morgan fingerprint density at radius 3 is 2.63 bits per heavy atom. The van der Waals surface area contributed by atoms with Crippen LogP contribution in [0, 0.1) is 0 Å². The number of ether oxygens (including phenoxy) is 3. The van der Waals surface area contributed by atoms with Gasteiger partial charge in [-0.1, -0.05) is 36.4 Å². The highest BCUT2D eigenvalue weighted by atomic mass is 32.1. The molecule has 0 bridgehead atoms. The number of thiophene rings is 1. The van der Waals surface area contributed by atoms with Crippen molar-refractivity contribution in [2.45, 2.75) is 39.2 Å². The number of methoxy groups -OCH3 is 1. The van der Waals surface area contributed by atoms with E-state index in [1.165, 1.54) is 17.4 Å². The van der Waals surface area contributed by atoms with Gasteiger partial charge in [-0.2, -0.15) is 0 Å². The van der Waals surface area contributed by atoms with Crippen LogP contribution >= 0.6 is 11.3 Å². The molecule has 4 rings (SSSR count). The molecule has 0 saturated heterocycles. The number of benzene rings is 2. The molecule has 0 unspecified atom stereocenters. The fourth-order valence-electron chi connectivity index (χ4n) is 4.04. The summed E-state index contributed by atoms with van der Waals surface area (Å²) in [5.74, 6) is 0.528. The second-order valence-corrected chi connectivity index (χ2v) is 9.25. The van der Waals surface area contributed by atoms with Crippen molar-refractivity contribution in [1.29, 1.82) is 0 Å². The van der Waals surface area contributed by atoms with Crippen LogP contribution in [0.5, 0.6) is 11.5 Å². The van der Waals surface area contributed by atoms with Gasteiger partial charge in [0.1, 0.15) is 11.6 Å². The Labute approximate surface area is 209 Å². The number of carbonyl (C=O) groups excluding carboxylic acids is 2. The third kappa shape index (κ3) is 6.11. The van der Waals surface area contributed by atoms with Crippen molar-refractivity contribution in [1.82, 2.24) is 0 Å². The number of fused-ring (bicyclic) bond motifs is 1. The minimum Gasteiger partial charge on any atom is -0.493 e. The molecule has 1 N–H and O–H groups in total. The van der Waals surface area contributed by atoms with E-state index in [0.717, 1.165) is 47.3 Å². The number of anilines is 1. The number of nitrogens with one attached hydrogen (secondary N) is 1. The van der Waals surface area contributed by atoms with Crippen LogP contribution in [0.1, 0.15) is 51.7 Å². The van der Waals surface area contributed by atoms with Gasteiger partial charge in [0, 0.05) is 11.0 Å². The van der Waals surface area contributed by atoms with Crippen LogP contribution in [0.25, 0.3) is 6.08 Å². The first-order valence-corrected chi connectivity index (χ1v) is 12.6. The summed E-state index contributed by atoms with van der Waals surface area (Å²) in [6.45, 7) is 2.51. The van der Waals surface area contributed by atoms with E-state index in [1.54, 1.807) is 20.1 Å². The van der Waals surface area contributed by atoms with Crippen molar-refractivity contribution in [3.05, 3.63) is 81.7 Å². The lowest BCUT2D eigenvalue weighted by Gasteiger charge is -2.12. The number of amides is 1. The molecule has 2 aromatic carbocycles. The molecule has 0 aliphatic heterocycles. The topological polar surface area (TPSA) is 73.9 Å². The van der Waals surface area contributed by atoms with Crippen LogP contribution in [0.15, 0.2) is 54.6 Å². The zero-order valence-electron chi connectivity index (χ0n) is 20.0. The van der Waals surface area contributed by atoms with Gasteiger partial charge in [0.05, 0.1) is 19.3 Å². The van der Waals surface area contributed by atoms with Crippen molar-refractivity contribution in [3.63, 3.8) is 0 Å². The number of rotatable bonds is 9. The molecule has 3 aromatic rings. The largest absolute Gasteiger partial charge is 0.493 e. The van der Waals surface area contributed by atoms with Crippen molar-refractivity contribution >= 4 is 34.3 Å². The lowest BCUT2D eigenvalue weighted by molar-refractivity contribution is -0.111. The maximum atomic E-state index is 12.7. The third-order valence-corrected chi connectivity index (χ3v) is 6.95. The summed E-state index contributed by atoms with van der Waals surface area (Å²) in [4.78, 5) is 26.5. The van der Waals surface area contributed by atoms with Crippen molar-refractivity contribution in [2.75, 3.05) is 19.0 Å². The van der Waals surface area contributed by atoms with Gasteiger partial charge in [-0.25, -0.2) is 4.79 Å². The Bertz CT molecular complexity index is 1220. The molecule has 0 saturated carbocycles. The zero-order valence-corrected chi connectivity index (χ0v) is 20.8. The normalized spacial score (nSPS) is 12.7. The van der Waals surface area contributed by atoms with E-state index >= 15 is 0 Å². The average Bonchev–Trinajstić information content (AvgIpc) is 3.25. The summed E-state index contributed by atoms with van der Waals surface area (Å²) in [6.07, 6.45) is 7.05. The summed E-state index contributed by atoms with van der Waals surface area (Å²) in [7, 11) is 1.58. The Balaban J connectivity index is 1.45. The van der Waals surface area contributed by atoms with Crippen LogP contribution in [0.2, 0.25) is 0 Å². The average molecular weight is 492 g/mol. The van der Waals surface area contributed by atoms with E-state index in [9.17, 15) is 9.59 Å². The number of aryl methyl sites for hydroxylation is 1. The van der Waals surface area contributed by atoms with Gasteiger partial charge in [-0.3, -0.25) is 4.79 Å². The molecule has 7 heteroatoms. The van der Waals surface area contributed by atoms with E-state index in [1.807, 2.05) is 48.5 Å². The van der Waals surface area contributed by atoms with Crippen molar-refractivity contribution in [2.24, 2.45) is 0 Å². The Morgan fingerprint density at radius 1 is 1.06 bits per heavy atom. The molecule has 1 aliphatic rings. The summed E-state index contributed by atoms with van der Waals surface area (Å²) in [6, 6.07) is 15.4. The molecule has 1 heterocycles. The number of esters is 1. The smallest absolute Gasteiger partial charge is 0.341 e. The summed E-state index contributed by atoms with van der Waals surface area (Å²) < 4.78 is 16.6. The molecule has 0 spiro atoms. The van der Waals surface area contributed by atoms with Crippen LogP contribution < -0.4 is 14.8 Å². The van der Waals surface area contributed by atoms with Crippen LogP contribution in [-0.4, -0.2) is 25.6 Å². The minimum absolute atomic E-state index is 0.295. The molecular formula is C28H29NO5S. The molecule has 1 aliphatic carbocycles. The first kappa shape index (κ1) is 24.5. The van der Waals surface area contributed by atoms with Gasteiger partial charge >= 0.3 is 5.97 Å². The SMILES string of the molecule is CCOC(=O)c1c(NC(=O)C=Cc2ccc(OCc3ccccc3)c(OC)c2)sc2c1CCCC2. The first-order chi connectivity index (χ1) is 17.1. The van der Waals surface area contributed by atoms with Gasteiger partial charge in [0.15, 0.2) is 11.5 Å². The Morgan fingerprint density at radius 2 is 1.86 bits per heavy atom. The monoisotopic (exact) mass is 491 g/mol. The standard InChI is InChI=1S/C28H29NO5S/c1-3-33-28(31)26-21-11-7-8-12-24(21)35-27(26)29-25(30)16-14-19-13-15-22(23(17-19)32-2)34-18-20-9-5-4-6-10-20/h4-6,9-10,13-17H,3,7-8,11-12,18H2,1-2H3,(H,29,30). The molecule has 0 radical (unpaired) electrons. The molecule has 0 fully saturated rings. The highest BCUT2D eigenvalue weighted by Crippen LogP contribution is 2.38. The molecular weight excluding hydrogens is 462 g/mol. The van der Waals surface area contributed by atoms with Gasteiger partial charge < -0.3 is 19.5 Å². The molecule has 182 valence electrons. The van der Waals surface area contributed by atoms with Crippen LogP contribution in [0.4, 0.5) is 5.00 Å². The minimum atomic E-state index is -0.373. The summed E-state index contributed by atoms with van der Waals surface area (Å²) in [5.41, 5.74) is 3.39. The van der Waals surface area contributed by atoms with E-state index in [0.29, 0.717) is 35.3 Å². The second kappa shape index (κ2) is 11.7. The predicted octanol–water partition coefficient (Wildman–Crippen LogP) is 6.04. The fourth-order valence-corrected chi connectivity index (χ4v) is 5.32. The fraction of sp³-hybridized carbons (Fsp3) is 0.286. The van der Waals surface area contributed by atoms with E-state index < -0.39 is 0 Å². The van der Waals surface area contributed by atoms with Gasteiger partial charge in [0.2, 0.25) is 5.91 Å². The van der Waals surface area contributed by atoms with Gasteiger partial charge in [-0.15, -0.1) is 11.3 Å². The number of hydrogen-bond donors (Lipinski definition) is 1. The number of carbonyl (C=O) groups is 2. The summed E-state index contributed by atoms with van der Waals surface area (Å²) >= 11 is 1.47. The quantitative estimate of drug-likeness (QED) is 0.292. The van der Waals surface area contributed by atoms with Crippen LogP contribution in [-0.2, 0) is 29.0 Å². The lowest BCUT2D eigenvalue weighted by Crippen LogP contribution is -2.14. The zero-order chi connectivity index (χ0) is 24.6. The summed E-state index contributed by atoms with van der Waals surface area (Å²) in [5, 5.41) is 3.45. The highest BCUT2D eigenvalue weighted by Gasteiger charge is 2.26. The molecule has 35 heavy (non-hydrogen) atoms. The molecule has 6 nitrogen and oxygen atoms in total. The van der Waals surface area contributed by atoms with Crippen LogP contribution in [0.3, 0.4) is 0 Å². The number of hydrogen-bond acceptors (Lipinski definition) is 6. The van der Waals surface area contributed by atoms with Crippen molar-refractivity contribution in [3.8, 4) is 11.5 Å². The van der Waals surface area contributed by atoms with E-state index in [2.05, 4.69) is 5.32 Å². The Hall–Kier alpha value is -3.58.